The van der Waals surface area contributed by atoms with Gasteiger partial charge in [0.1, 0.15) is 5.75 Å². The summed E-state index contributed by atoms with van der Waals surface area (Å²) in [5.41, 5.74) is 3.77. The van der Waals surface area contributed by atoms with Crippen molar-refractivity contribution in [3.63, 3.8) is 0 Å². The molecule has 2 aromatic carbocycles. The molecule has 0 spiro atoms. The van der Waals surface area contributed by atoms with E-state index in [1.165, 1.54) is 11.6 Å². The van der Waals surface area contributed by atoms with Crippen LogP contribution in [-0.4, -0.2) is 30.1 Å². The van der Waals surface area contributed by atoms with E-state index in [1.807, 2.05) is 18.2 Å². The Morgan fingerprint density at radius 3 is 2.72 bits per heavy atom. The number of carbonyl (C=O) groups is 2. The van der Waals surface area contributed by atoms with E-state index in [-0.39, 0.29) is 23.7 Å². The van der Waals surface area contributed by atoms with Gasteiger partial charge in [-0.1, -0.05) is 24.3 Å². The molecule has 0 fully saturated rings. The number of benzene rings is 2. The number of methoxy groups -OCH3 is 1. The largest absolute Gasteiger partial charge is 0.497 e. The highest BCUT2D eigenvalue weighted by Gasteiger charge is 2.28. The smallest absolute Gasteiger partial charge is 0.248 e. The van der Waals surface area contributed by atoms with Crippen LogP contribution in [0.3, 0.4) is 0 Å². The van der Waals surface area contributed by atoms with Crippen LogP contribution in [0.25, 0.3) is 0 Å². The second kappa shape index (κ2) is 8.43. The summed E-state index contributed by atoms with van der Waals surface area (Å²) in [4.78, 5) is 29.6. The first-order valence-electron chi connectivity index (χ1n) is 9.64. The average Bonchev–Trinajstić information content (AvgIpc) is 2.67. The maximum Gasteiger partial charge on any atom is 0.248 e. The zero-order chi connectivity index (χ0) is 21.0. The molecule has 5 heteroatoms. The van der Waals surface area contributed by atoms with E-state index in [0.717, 1.165) is 23.4 Å². The summed E-state index contributed by atoms with van der Waals surface area (Å²) in [6.45, 7) is 5.92. The van der Waals surface area contributed by atoms with Gasteiger partial charge in [-0.2, -0.15) is 0 Å². The third-order valence-electron chi connectivity index (χ3n) is 4.79. The highest BCUT2D eigenvalue weighted by atomic mass is 16.5. The number of hydrogen-bond donors (Lipinski definition) is 1. The molecular weight excluding hydrogens is 364 g/mol. The zero-order valence-corrected chi connectivity index (χ0v) is 17.3. The maximum absolute atomic E-state index is 13.0. The molecule has 1 heterocycles. The number of amides is 1. The Labute approximate surface area is 171 Å². The fourth-order valence-electron chi connectivity index (χ4n) is 3.53. The molecule has 0 aromatic heterocycles. The molecule has 0 saturated carbocycles. The Morgan fingerprint density at radius 1 is 1.21 bits per heavy atom. The molecule has 29 heavy (non-hydrogen) atoms. The van der Waals surface area contributed by atoms with E-state index in [9.17, 15) is 9.59 Å². The fraction of sp³-hybridized carbons (Fsp3) is 0.292. The molecule has 0 aliphatic carbocycles. The molecule has 0 atom stereocenters. The van der Waals surface area contributed by atoms with E-state index in [2.05, 4.69) is 19.2 Å². The summed E-state index contributed by atoms with van der Waals surface area (Å²) in [6, 6.07) is 12.9. The van der Waals surface area contributed by atoms with Crippen molar-refractivity contribution in [1.82, 2.24) is 0 Å². The van der Waals surface area contributed by atoms with Crippen molar-refractivity contribution >= 4 is 23.1 Å². The van der Waals surface area contributed by atoms with E-state index in [4.69, 9.17) is 9.73 Å². The summed E-state index contributed by atoms with van der Waals surface area (Å²) in [7, 11) is 1.63. The first-order valence-corrected chi connectivity index (χ1v) is 9.64. The van der Waals surface area contributed by atoms with Crippen LogP contribution in [0.4, 0.5) is 5.69 Å². The van der Waals surface area contributed by atoms with Gasteiger partial charge in [-0.25, -0.2) is 0 Å². The second-order valence-electron chi connectivity index (χ2n) is 7.74. The molecule has 0 radical (unpaired) electrons. The Balaban J connectivity index is 1.87. The topological polar surface area (TPSA) is 67.8 Å². The first kappa shape index (κ1) is 20.5. The molecule has 5 nitrogen and oxygen atoms in total. The minimum Gasteiger partial charge on any atom is -0.497 e. The molecule has 150 valence electrons. The number of nitrogens with zero attached hydrogens (tertiary/aromatic N) is 1. The average molecular weight is 390 g/mol. The number of carbonyl (C=O) groups excluding carboxylic acids is 2. The van der Waals surface area contributed by atoms with Gasteiger partial charge in [-0.3, -0.25) is 14.6 Å². The van der Waals surface area contributed by atoms with E-state index >= 15 is 0 Å². The number of hydrogen-bond acceptors (Lipinski definition) is 4. The number of nitrogens with one attached hydrogen (secondary N) is 1. The van der Waals surface area contributed by atoms with Gasteiger partial charge in [0.25, 0.3) is 0 Å². The monoisotopic (exact) mass is 390 g/mol. The number of Topliss-reactive ketones (excluding diaryl/α,β-unsaturated/α-hetero) is 1. The van der Waals surface area contributed by atoms with Gasteiger partial charge in [0, 0.05) is 16.8 Å². The van der Waals surface area contributed by atoms with Crippen LogP contribution in [0.2, 0.25) is 0 Å². The van der Waals surface area contributed by atoms with Crippen molar-refractivity contribution in [2.45, 2.75) is 39.2 Å². The highest BCUT2D eigenvalue weighted by molar-refractivity contribution is 6.17. The predicted octanol–water partition coefficient (Wildman–Crippen LogP) is 4.61. The van der Waals surface area contributed by atoms with Crippen molar-refractivity contribution in [2.24, 2.45) is 4.99 Å². The van der Waals surface area contributed by atoms with Crippen molar-refractivity contribution in [3.8, 4) is 5.75 Å². The number of allylic oxidation sites excluding steroid dienone is 1. The molecule has 0 bridgehead atoms. The van der Waals surface area contributed by atoms with Crippen LogP contribution in [0.1, 0.15) is 48.7 Å². The Hall–Kier alpha value is -3.21. The van der Waals surface area contributed by atoms with E-state index in [0.29, 0.717) is 11.3 Å². The van der Waals surface area contributed by atoms with E-state index < -0.39 is 0 Å². The van der Waals surface area contributed by atoms with Gasteiger partial charge in [0.15, 0.2) is 5.78 Å². The summed E-state index contributed by atoms with van der Waals surface area (Å²) in [5, 5.41) is 2.76. The van der Waals surface area contributed by atoms with Gasteiger partial charge >= 0.3 is 0 Å². The van der Waals surface area contributed by atoms with Crippen molar-refractivity contribution in [2.75, 3.05) is 12.4 Å². The number of rotatable bonds is 6. The SMILES string of the molecule is CC=CC(=O)Nc1cccc(C(=O)CC2=NC(C)(C)Cc3ccc(OC)cc32)c1. The fourth-order valence-corrected chi connectivity index (χ4v) is 3.53. The molecule has 3 rings (SSSR count). The molecule has 0 unspecified atom stereocenters. The Morgan fingerprint density at radius 2 is 2.00 bits per heavy atom. The summed E-state index contributed by atoms with van der Waals surface area (Å²) in [5.74, 6) is 0.478. The summed E-state index contributed by atoms with van der Waals surface area (Å²) < 4.78 is 5.36. The van der Waals surface area contributed by atoms with E-state index in [1.54, 1.807) is 44.4 Å². The minimum atomic E-state index is -0.264. The number of fused-ring (bicyclic) bond motifs is 1. The molecular formula is C24H26N2O3. The highest BCUT2D eigenvalue weighted by Crippen LogP contribution is 2.31. The molecule has 0 saturated heterocycles. The van der Waals surface area contributed by atoms with Crippen molar-refractivity contribution in [3.05, 3.63) is 71.3 Å². The standard InChI is InChI=1S/C24H26N2O3/c1-5-7-23(28)25-18-9-6-8-16(12-18)22(27)14-21-20-13-19(29-4)11-10-17(20)15-24(2,3)26-21/h5-13H,14-15H2,1-4H3,(H,25,28). The van der Waals surface area contributed by atoms with Crippen LogP contribution in [0, 0.1) is 0 Å². The van der Waals surface area contributed by atoms with Crippen molar-refractivity contribution < 1.29 is 14.3 Å². The third kappa shape index (κ3) is 4.99. The van der Waals surface area contributed by atoms with Gasteiger partial charge in [0.2, 0.25) is 5.91 Å². The summed E-state index contributed by atoms with van der Waals surface area (Å²) >= 11 is 0. The van der Waals surface area contributed by atoms with Gasteiger partial charge < -0.3 is 10.1 Å². The number of ether oxygens (including phenoxy) is 1. The lowest BCUT2D eigenvalue weighted by Gasteiger charge is -2.29. The minimum absolute atomic E-state index is 0.0441. The normalized spacial score (nSPS) is 14.8. The summed E-state index contributed by atoms with van der Waals surface area (Å²) in [6.07, 6.45) is 4.11. The Kier molecular flexibility index (Phi) is 5.97. The maximum atomic E-state index is 13.0. The van der Waals surface area contributed by atoms with Crippen molar-refractivity contribution in [1.29, 1.82) is 0 Å². The molecule has 1 amide bonds. The molecule has 1 N–H and O–H groups in total. The number of anilines is 1. The quantitative estimate of drug-likeness (QED) is 0.579. The van der Waals surface area contributed by atoms with Gasteiger partial charge in [0.05, 0.1) is 24.8 Å². The lowest BCUT2D eigenvalue weighted by atomic mass is 9.85. The molecule has 1 aliphatic rings. The van der Waals surface area contributed by atoms with Crippen LogP contribution in [0.5, 0.6) is 5.75 Å². The molecule has 1 aliphatic heterocycles. The second-order valence-corrected chi connectivity index (χ2v) is 7.74. The van der Waals surface area contributed by atoms with Crippen LogP contribution < -0.4 is 10.1 Å². The molecule has 2 aromatic rings. The van der Waals surface area contributed by atoms with Crippen LogP contribution >= 0.6 is 0 Å². The Bertz CT molecular complexity index is 1000. The van der Waals surface area contributed by atoms with Crippen LogP contribution in [-0.2, 0) is 11.2 Å². The first-order chi connectivity index (χ1) is 13.8. The zero-order valence-electron chi connectivity index (χ0n) is 17.3. The lowest BCUT2D eigenvalue weighted by Crippen LogP contribution is -2.30. The van der Waals surface area contributed by atoms with Crippen LogP contribution in [0.15, 0.2) is 59.6 Å². The van der Waals surface area contributed by atoms with Gasteiger partial charge in [-0.05, 0) is 63.1 Å². The predicted molar refractivity (Wildman–Crippen MR) is 116 cm³/mol. The van der Waals surface area contributed by atoms with Gasteiger partial charge in [-0.15, -0.1) is 0 Å². The number of ketones is 1. The third-order valence-corrected chi connectivity index (χ3v) is 4.79. The number of aliphatic imine (C=N–C) groups is 1. The lowest BCUT2D eigenvalue weighted by molar-refractivity contribution is -0.111.